The van der Waals surface area contributed by atoms with Crippen molar-refractivity contribution in [1.29, 1.82) is 0 Å². The predicted octanol–water partition coefficient (Wildman–Crippen LogP) is 2.50. The molecule has 0 atom stereocenters. The lowest BCUT2D eigenvalue weighted by atomic mass is 10.1. The lowest BCUT2D eigenvalue weighted by Crippen LogP contribution is -2.40. The second-order valence-electron chi connectivity index (χ2n) is 4.98. The Bertz CT molecular complexity index is 468. The number of nitrogens with one attached hydrogen (secondary N) is 1. The zero-order valence-corrected chi connectivity index (χ0v) is 12.5. The van der Waals surface area contributed by atoms with Gasteiger partial charge in [0.25, 0.3) is 0 Å². The number of ether oxygens (including phenoxy) is 1. The van der Waals surface area contributed by atoms with E-state index >= 15 is 0 Å². The fourth-order valence-electron chi connectivity index (χ4n) is 2.32. The van der Waals surface area contributed by atoms with Crippen molar-refractivity contribution >= 4 is 17.6 Å². The highest BCUT2D eigenvalue weighted by atomic mass is 16.5. The number of guanidine groups is 1. The number of hydrogen-bond acceptors (Lipinski definition) is 3. The van der Waals surface area contributed by atoms with Crippen molar-refractivity contribution < 1.29 is 9.53 Å². The first-order chi connectivity index (χ1) is 10.3. The van der Waals surface area contributed by atoms with E-state index in [0.29, 0.717) is 6.61 Å². The number of carbonyl (C=O) groups is 1. The average Bonchev–Trinajstić information content (AvgIpc) is 2.53. The van der Waals surface area contributed by atoms with Crippen LogP contribution in [-0.2, 0) is 9.53 Å². The Hall–Kier alpha value is -2.04. The second-order valence-corrected chi connectivity index (χ2v) is 4.98. The number of aliphatic imine (C=N–C) groups is 1. The predicted molar refractivity (Wildman–Crippen MR) is 84.4 cm³/mol. The van der Waals surface area contributed by atoms with E-state index in [2.05, 4.69) is 15.2 Å². The molecule has 0 saturated carbocycles. The number of carbonyl (C=O) groups excluding carboxylic acids is 1. The molecule has 0 aliphatic carbocycles. The molecule has 21 heavy (non-hydrogen) atoms. The van der Waals surface area contributed by atoms with Crippen LogP contribution in [0.3, 0.4) is 0 Å². The normalized spacial score (nSPS) is 15.7. The molecule has 1 heterocycles. The SMILES string of the molecule is CCOC(=O)CN=C(Nc1ccccc1)N1CCCCC1. The van der Waals surface area contributed by atoms with Gasteiger partial charge < -0.3 is 15.0 Å². The molecule has 0 radical (unpaired) electrons. The summed E-state index contributed by atoms with van der Waals surface area (Å²) in [5.74, 6) is 0.468. The molecule has 114 valence electrons. The molecule has 5 heteroatoms. The quantitative estimate of drug-likeness (QED) is 0.526. The van der Waals surface area contributed by atoms with Crippen molar-refractivity contribution in [2.75, 3.05) is 31.6 Å². The fourth-order valence-corrected chi connectivity index (χ4v) is 2.32. The van der Waals surface area contributed by atoms with Crippen LogP contribution in [-0.4, -0.2) is 43.1 Å². The minimum Gasteiger partial charge on any atom is -0.465 e. The third-order valence-electron chi connectivity index (χ3n) is 3.35. The topological polar surface area (TPSA) is 53.9 Å². The second kappa shape index (κ2) is 8.29. The molecule has 0 unspecified atom stereocenters. The van der Waals surface area contributed by atoms with Crippen LogP contribution in [0, 0.1) is 0 Å². The smallest absolute Gasteiger partial charge is 0.327 e. The molecule has 1 aliphatic rings. The summed E-state index contributed by atoms with van der Waals surface area (Å²) >= 11 is 0. The third kappa shape index (κ3) is 5.10. The van der Waals surface area contributed by atoms with Gasteiger partial charge in [-0.05, 0) is 38.3 Å². The van der Waals surface area contributed by atoms with Gasteiger partial charge in [0.05, 0.1) is 6.61 Å². The van der Waals surface area contributed by atoms with Crippen LogP contribution in [0.2, 0.25) is 0 Å². The van der Waals surface area contributed by atoms with Crippen molar-refractivity contribution in [2.45, 2.75) is 26.2 Å². The molecule has 1 aromatic rings. The number of para-hydroxylation sites is 1. The number of rotatable bonds is 4. The molecular formula is C16H23N3O2. The molecule has 0 aromatic heterocycles. The first-order valence-electron chi connectivity index (χ1n) is 7.56. The van der Waals surface area contributed by atoms with Gasteiger partial charge in [0.2, 0.25) is 0 Å². The lowest BCUT2D eigenvalue weighted by Gasteiger charge is -2.30. The first kappa shape index (κ1) is 15.4. The molecule has 0 spiro atoms. The Morgan fingerprint density at radius 3 is 2.62 bits per heavy atom. The number of likely N-dealkylation sites (tertiary alicyclic amines) is 1. The van der Waals surface area contributed by atoms with Crippen LogP contribution in [0.15, 0.2) is 35.3 Å². The van der Waals surface area contributed by atoms with Crippen molar-refractivity contribution in [3.63, 3.8) is 0 Å². The summed E-state index contributed by atoms with van der Waals surface area (Å²) in [5.41, 5.74) is 0.977. The first-order valence-corrected chi connectivity index (χ1v) is 7.56. The van der Waals surface area contributed by atoms with Crippen molar-refractivity contribution in [3.8, 4) is 0 Å². The molecule has 1 N–H and O–H groups in total. The Morgan fingerprint density at radius 2 is 1.95 bits per heavy atom. The fraction of sp³-hybridized carbons (Fsp3) is 0.500. The van der Waals surface area contributed by atoms with Gasteiger partial charge in [-0.15, -0.1) is 0 Å². The van der Waals surface area contributed by atoms with Gasteiger partial charge >= 0.3 is 5.97 Å². The van der Waals surface area contributed by atoms with E-state index in [1.165, 1.54) is 6.42 Å². The van der Waals surface area contributed by atoms with E-state index in [-0.39, 0.29) is 12.5 Å². The van der Waals surface area contributed by atoms with E-state index in [1.807, 2.05) is 30.3 Å². The zero-order valence-electron chi connectivity index (χ0n) is 12.5. The molecule has 1 aromatic carbocycles. The van der Waals surface area contributed by atoms with Gasteiger partial charge in [-0.2, -0.15) is 0 Å². The maximum atomic E-state index is 11.5. The molecule has 0 bridgehead atoms. The number of hydrogen-bond donors (Lipinski definition) is 1. The maximum absolute atomic E-state index is 11.5. The summed E-state index contributed by atoms with van der Waals surface area (Å²) in [5, 5.41) is 3.31. The Balaban J connectivity index is 2.05. The van der Waals surface area contributed by atoms with Gasteiger partial charge in [0.1, 0.15) is 6.54 Å². The zero-order chi connectivity index (χ0) is 14.9. The summed E-state index contributed by atoms with van der Waals surface area (Å²) in [4.78, 5) is 18.1. The van der Waals surface area contributed by atoms with Gasteiger partial charge in [-0.3, -0.25) is 4.79 Å². The molecular weight excluding hydrogens is 266 g/mol. The number of nitrogens with zero attached hydrogens (tertiary/aromatic N) is 2. The van der Waals surface area contributed by atoms with E-state index in [1.54, 1.807) is 6.92 Å². The van der Waals surface area contributed by atoms with E-state index in [9.17, 15) is 4.79 Å². The van der Waals surface area contributed by atoms with Crippen LogP contribution < -0.4 is 5.32 Å². The van der Waals surface area contributed by atoms with Gasteiger partial charge in [0.15, 0.2) is 5.96 Å². The van der Waals surface area contributed by atoms with E-state index in [4.69, 9.17) is 4.74 Å². The monoisotopic (exact) mass is 289 g/mol. The van der Waals surface area contributed by atoms with Crippen LogP contribution in [0.1, 0.15) is 26.2 Å². The van der Waals surface area contributed by atoms with Crippen LogP contribution in [0.4, 0.5) is 5.69 Å². The standard InChI is InChI=1S/C16H23N3O2/c1-2-21-15(20)13-17-16(19-11-7-4-8-12-19)18-14-9-5-3-6-10-14/h3,5-6,9-10H,2,4,7-8,11-13H2,1H3,(H,17,18). The lowest BCUT2D eigenvalue weighted by molar-refractivity contribution is -0.141. The number of piperidine rings is 1. The highest BCUT2D eigenvalue weighted by Gasteiger charge is 2.15. The molecule has 2 rings (SSSR count). The highest BCUT2D eigenvalue weighted by molar-refractivity contribution is 5.94. The number of anilines is 1. The summed E-state index contributed by atoms with van der Waals surface area (Å²) < 4.78 is 4.94. The number of esters is 1. The molecule has 5 nitrogen and oxygen atoms in total. The van der Waals surface area contributed by atoms with E-state index < -0.39 is 0 Å². The third-order valence-corrected chi connectivity index (χ3v) is 3.35. The minimum atomic E-state index is -0.290. The largest absolute Gasteiger partial charge is 0.465 e. The van der Waals surface area contributed by atoms with Crippen LogP contribution in [0.25, 0.3) is 0 Å². The van der Waals surface area contributed by atoms with Gasteiger partial charge in [-0.1, -0.05) is 18.2 Å². The Labute approximate surface area is 126 Å². The van der Waals surface area contributed by atoms with Crippen molar-refractivity contribution in [1.82, 2.24) is 4.90 Å². The van der Waals surface area contributed by atoms with Crippen LogP contribution in [0.5, 0.6) is 0 Å². The molecule has 1 aliphatic heterocycles. The van der Waals surface area contributed by atoms with E-state index in [0.717, 1.165) is 37.6 Å². The maximum Gasteiger partial charge on any atom is 0.327 e. The summed E-state index contributed by atoms with van der Waals surface area (Å²) in [7, 11) is 0. The van der Waals surface area contributed by atoms with Gasteiger partial charge in [-0.25, -0.2) is 4.99 Å². The Morgan fingerprint density at radius 1 is 1.24 bits per heavy atom. The van der Waals surface area contributed by atoms with Crippen molar-refractivity contribution in [2.24, 2.45) is 4.99 Å². The number of benzene rings is 1. The summed E-state index contributed by atoms with van der Waals surface area (Å²) in [6.45, 7) is 4.19. The van der Waals surface area contributed by atoms with Crippen molar-refractivity contribution in [3.05, 3.63) is 30.3 Å². The Kier molecular flexibility index (Phi) is 6.06. The summed E-state index contributed by atoms with van der Waals surface area (Å²) in [6, 6.07) is 9.90. The minimum absolute atomic E-state index is 0.0551. The molecule has 1 fully saturated rings. The molecule has 0 amide bonds. The van der Waals surface area contributed by atoms with Crippen LogP contribution >= 0.6 is 0 Å². The average molecular weight is 289 g/mol. The summed E-state index contributed by atoms with van der Waals surface area (Å²) in [6.07, 6.45) is 3.58. The highest BCUT2D eigenvalue weighted by Crippen LogP contribution is 2.12. The van der Waals surface area contributed by atoms with Gasteiger partial charge in [0, 0.05) is 18.8 Å². The molecule has 1 saturated heterocycles.